The largest absolute Gasteiger partial charge is 0.311 e. The maximum atomic E-state index is 3.76. The maximum Gasteiger partial charge on any atom is 0.0120 e. The van der Waals surface area contributed by atoms with E-state index in [4.69, 9.17) is 0 Å². The van der Waals surface area contributed by atoms with Gasteiger partial charge in [0.25, 0.3) is 0 Å². The number of likely N-dealkylation sites (tertiary alicyclic amines) is 1. The molecule has 0 spiro atoms. The van der Waals surface area contributed by atoms with Gasteiger partial charge < -0.3 is 10.2 Å². The summed E-state index contributed by atoms with van der Waals surface area (Å²) in [7, 11) is 0. The van der Waals surface area contributed by atoms with E-state index < -0.39 is 0 Å². The van der Waals surface area contributed by atoms with E-state index in [0.717, 1.165) is 18.0 Å². The number of hydrogen-bond acceptors (Lipinski definition) is 2. The van der Waals surface area contributed by atoms with Crippen LogP contribution in [0.1, 0.15) is 33.1 Å². The normalized spacial score (nSPS) is 36.5. The molecular weight excluding hydrogens is 160 g/mol. The Balaban J connectivity index is 1.78. The topological polar surface area (TPSA) is 15.3 Å². The number of piperidine rings is 1. The molecule has 0 aromatic heterocycles. The van der Waals surface area contributed by atoms with Crippen LogP contribution in [0.2, 0.25) is 0 Å². The van der Waals surface area contributed by atoms with Gasteiger partial charge in [-0.2, -0.15) is 0 Å². The van der Waals surface area contributed by atoms with Gasteiger partial charge in [-0.15, -0.1) is 0 Å². The van der Waals surface area contributed by atoms with E-state index >= 15 is 0 Å². The monoisotopic (exact) mass is 182 g/mol. The average molecular weight is 182 g/mol. The maximum absolute atomic E-state index is 3.76. The number of nitrogens with one attached hydrogen (secondary N) is 1. The predicted molar refractivity (Wildman–Crippen MR) is 55.8 cm³/mol. The lowest BCUT2D eigenvalue weighted by Crippen LogP contribution is -2.48. The summed E-state index contributed by atoms with van der Waals surface area (Å²) < 4.78 is 0. The summed E-state index contributed by atoms with van der Waals surface area (Å²) in [6.45, 7) is 8.47. The van der Waals surface area contributed by atoms with Gasteiger partial charge in [0.15, 0.2) is 0 Å². The lowest BCUT2D eigenvalue weighted by atomic mass is 9.94. The number of nitrogens with zero attached hydrogens (tertiary/aromatic N) is 1. The zero-order valence-electron chi connectivity index (χ0n) is 8.92. The van der Waals surface area contributed by atoms with Crippen molar-refractivity contribution in [2.24, 2.45) is 5.92 Å². The van der Waals surface area contributed by atoms with Crippen molar-refractivity contribution in [3.8, 4) is 0 Å². The Morgan fingerprint density at radius 2 is 2.08 bits per heavy atom. The summed E-state index contributed by atoms with van der Waals surface area (Å²) in [5.74, 6) is 0.842. The van der Waals surface area contributed by atoms with Crippen LogP contribution in [0.25, 0.3) is 0 Å². The van der Waals surface area contributed by atoms with Crippen LogP contribution < -0.4 is 5.32 Å². The van der Waals surface area contributed by atoms with Crippen molar-refractivity contribution in [2.75, 3.05) is 19.6 Å². The third kappa shape index (κ3) is 2.44. The lowest BCUT2D eigenvalue weighted by Gasteiger charge is -2.37. The quantitative estimate of drug-likeness (QED) is 0.711. The van der Waals surface area contributed by atoms with Crippen LogP contribution in [0.4, 0.5) is 0 Å². The molecular formula is C11H22N2. The van der Waals surface area contributed by atoms with Crippen LogP contribution in [0.15, 0.2) is 0 Å². The highest BCUT2D eigenvalue weighted by Crippen LogP contribution is 2.24. The van der Waals surface area contributed by atoms with Gasteiger partial charge in [-0.05, 0) is 38.3 Å². The predicted octanol–water partition coefficient (Wildman–Crippen LogP) is 1.47. The van der Waals surface area contributed by atoms with Crippen molar-refractivity contribution in [1.82, 2.24) is 10.2 Å². The van der Waals surface area contributed by atoms with Crippen LogP contribution in [-0.4, -0.2) is 36.6 Å². The molecule has 76 valence electrons. The molecule has 0 aromatic rings. The third-order valence-electron chi connectivity index (χ3n) is 3.46. The molecule has 2 heteroatoms. The fourth-order valence-corrected chi connectivity index (χ4v) is 2.32. The van der Waals surface area contributed by atoms with Gasteiger partial charge in [0.1, 0.15) is 0 Å². The van der Waals surface area contributed by atoms with E-state index in [1.165, 1.54) is 38.9 Å². The second-order valence-corrected chi connectivity index (χ2v) is 4.71. The molecule has 2 fully saturated rings. The van der Waals surface area contributed by atoms with Gasteiger partial charge in [0.2, 0.25) is 0 Å². The van der Waals surface area contributed by atoms with E-state index in [-0.39, 0.29) is 0 Å². The minimum atomic E-state index is 0.801. The first-order valence-electron chi connectivity index (χ1n) is 5.78. The second kappa shape index (κ2) is 3.97. The van der Waals surface area contributed by atoms with Gasteiger partial charge in [-0.1, -0.05) is 13.8 Å². The number of hydrogen-bond donors (Lipinski definition) is 1. The van der Waals surface area contributed by atoms with Crippen LogP contribution in [-0.2, 0) is 0 Å². The summed E-state index contributed by atoms with van der Waals surface area (Å²) in [6, 6.07) is 1.68. The van der Waals surface area contributed by atoms with Crippen molar-refractivity contribution in [3.63, 3.8) is 0 Å². The minimum Gasteiger partial charge on any atom is -0.311 e. The first-order valence-corrected chi connectivity index (χ1v) is 5.78. The Labute approximate surface area is 81.7 Å². The van der Waals surface area contributed by atoms with Crippen molar-refractivity contribution in [1.29, 1.82) is 0 Å². The number of rotatable bonds is 3. The second-order valence-electron chi connectivity index (χ2n) is 4.71. The van der Waals surface area contributed by atoms with Gasteiger partial charge in [-0.3, -0.25) is 0 Å². The van der Waals surface area contributed by atoms with Crippen molar-refractivity contribution in [2.45, 2.75) is 45.2 Å². The molecule has 1 saturated heterocycles. The van der Waals surface area contributed by atoms with Crippen LogP contribution in [0.3, 0.4) is 0 Å². The minimum absolute atomic E-state index is 0.801. The van der Waals surface area contributed by atoms with Gasteiger partial charge >= 0.3 is 0 Å². The van der Waals surface area contributed by atoms with Crippen LogP contribution >= 0.6 is 0 Å². The molecule has 0 aromatic carbocycles. The molecule has 1 aliphatic heterocycles. The molecule has 1 heterocycles. The van der Waals surface area contributed by atoms with E-state index in [1.807, 2.05) is 0 Å². The molecule has 1 aliphatic carbocycles. The van der Waals surface area contributed by atoms with Crippen molar-refractivity contribution < 1.29 is 0 Å². The molecule has 2 atom stereocenters. The highest BCUT2D eigenvalue weighted by molar-refractivity contribution is 4.89. The van der Waals surface area contributed by atoms with Crippen LogP contribution in [0, 0.1) is 5.92 Å². The van der Waals surface area contributed by atoms with Gasteiger partial charge in [0.05, 0.1) is 0 Å². The van der Waals surface area contributed by atoms with E-state index in [9.17, 15) is 0 Å². The van der Waals surface area contributed by atoms with Gasteiger partial charge in [0, 0.05) is 18.6 Å². The highest BCUT2D eigenvalue weighted by Gasteiger charge is 2.30. The molecule has 13 heavy (non-hydrogen) atoms. The molecule has 1 N–H and O–H groups in total. The van der Waals surface area contributed by atoms with Gasteiger partial charge in [-0.25, -0.2) is 0 Å². The van der Waals surface area contributed by atoms with Crippen molar-refractivity contribution >= 4 is 0 Å². The average Bonchev–Trinajstić information content (AvgIpc) is 2.92. The molecule has 2 unspecified atom stereocenters. The zero-order chi connectivity index (χ0) is 9.26. The molecule has 2 rings (SSSR count). The Hall–Kier alpha value is -0.0800. The Morgan fingerprint density at radius 3 is 2.62 bits per heavy atom. The molecule has 2 nitrogen and oxygen atoms in total. The fourth-order valence-electron chi connectivity index (χ4n) is 2.32. The Bertz CT molecular complexity index is 165. The third-order valence-corrected chi connectivity index (χ3v) is 3.46. The van der Waals surface area contributed by atoms with E-state index in [1.54, 1.807) is 0 Å². The summed E-state index contributed by atoms with van der Waals surface area (Å²) in [5.41, 5.74) is 0. The van der Waals surface area contributed by atoms with Crippen LogP contribution in [0.5, 0.6) is 0 Å². The SMILES string of the molecule is CCN1CCC(NC2CC2)C(C)C1. The van der Waals surface area contributed by atoms with Crippen molar-refractivity contribution in [3.05, 3.63) is 0 Å². The fraction of sp³-hybridized carbons (Fsp3) is 1.00. The lowest BCUT2D eigenvalue weighted by molar-refractivity contribution is 0.152. The first-order chi connectivity index (χ1) is 6.29. The highest BCUT2D eigenvalue weighted by atomic mass is 15.1. The molecule has 1 saturated carbocycles. The summed E-state index contributed by atoms with van der Waals surface area (Å²) >= 11 is 0. The molecule has 0 amide bonds. The Morgan fingerprint density at radius 1 is 1.31 bits per heavy atom. The molecule has 2 aliphatic rings. The molecule has 0 bridgehead atoms. The molecule has 0 radical (unpaired) electrons. The van der Waals surface area contributed by atoms with E-state index in [2.05, 4.69) is 24.1 Å². The standard InChI is InChI=1S/C11H22N2/c1-3-13-7-6-11(9(2)8-13)12-10-4-5-10/h9-12H,3-8H2,1-2H3. The summed E-state index contributed by atoms with van der Waals surface area (Å²) in [6.07, 6.45) is 4.19. The van der Waals surface area contributed by atoms with E-state index in [0.29, 0.717) is 0 Å². The zero-order valence-corrected chi connectivity index (χ0v) is 8.92. The smallest absolute Gasteiger partial charge is 0.0120 e. The summed E-state index contributed by atoms with van der Waals surface area (Å²) in [5, 5.41) is 3.76. The first kappa shape index (κ1) is 9.47. The summed E-state index contributed by atoms with van der Waals surface area (Å²) in [4.78, 5) is 2.57. The Kier molecular flexibility index (Phi) is 2.89.